The Balaban J connectivity index is 2.02. The SMILES string of the molecule is CC(C)N1CCC2(CCCC2)CC1=O. The van der Waals surface area contributed by atoms with Crippen LogP contribution >= 0.6 is 0 Å². The molecule has 2 heteroatoms. The number of rotatable bonds is 1. The number of hydrogen-bond acceptors (Lipinski definition) is 1. The van der Waals surface area contributed by atoms with Crippen LogP contribution in [0.1, 0.15) is 52.4 Å². The van der Waals surface area contributed by atoms with Crippen molar-refractivity contribution in [3.8, 4) is 0 Å². The molecule has 0 unspecified atom stereocenters. The molecule has 1 saturated heterocycles. The Bertz CT molecular complexity index is 228. The van der Waals surface area contributed by atoms with Crippen molar-refractivity contribution in [3.05, 3.63) is 0 Å². The number of hydrogen-bond donors (Lipinski definition) is 0. The maximum absolute atomic E-state index is 11.9. The zero-order valence-electron chi connectivity index (χ0n) is 9.38. The maximum atomic E-state index is 11.9. The van der Waals surface area contributed by atoms with E-state index in [4.69, 9.17) is 0 Å². The molecule has 0 atom stereocenters. The Morgan fingerprint density at radius 2 is 1.86 bits per heavy atom. The summed E-state index contributed by atoms with van der Waals surface area (Å²) < 4.78 is 0. The van der Waals surface area contributed by atoms with E-state index in [2.05, 4.69) is 13.8 Å². The van der Waals surface area contributed by atoms with Crippen molar-refractivity contribution in [2.75, 3.05) is 6.54 Å². The highest BCUT2D eigenvalue weighted by Gasteiger charge is 2.41. The molecule has 1 aliphatic heterocycles. The first-order valence-corrected chi connectivity index (χ1v) is 5.92. The number of piperidine rings is 1. The van der Waals surface area contributed by atoms with Crippen LogP contribution in [0, 0.1) is 5.41 Å². The van der Waals surface area contributed by atoms with Crippen molar-refractivity contribution in [1.29, 1.82) is 0 Å². The van der Waals surface area contributed by atoms with Gasteiger partial charge in [0.2, 0.25) is 5.91 Å². The summed E-state index contributed by atoms with van der Waals surface area (Å²) in [6, 6.07) is 0.390. The average molecular weight is 195 g/mol. The van der Waals surface area contributed by atoms with E-state index in [0.717, 1.165) is 13.0 Å². The Kier molecular flexibility index (Phi) is 2.54. The van der Waals surface area contributed by atoms with E-state index >= 15 is 0 Å². The first-order valence-electron chi connectivity index (χ1n) is 5.92. The van der Waals surface area contributed by atoms with Gasteiger partial charge in [-0.25, -0.2) is 0 Å². The molecule has 2 fully saturated rings. The van der Waals surface area contributed by atoms with Crippen LogP contribution in [0.3, 0.4) is 0 Å². The molecular weight excluding hydrogens is 174 g/mol. The quantitative estimate of drug-likeness (QED) is 0.629. The standard InChI is InChI=1S/C12H21NO/c1-10(2)13-8-7-12(9-11(13)14)5-3-4-6-12/h10H,3-9H2,1-2H3. The lowest BCUT2D eigenvalue weighted by atomic mass is 9.76. The smallest absolute Gasteiger partial charge is 0.223 e. The Hall–Kier alpha value is -0.530. The van der Waals surface area contributed by atoms with E-state index < -0.39 is 0 Å². The van der Waals surface area contributed by atoms with Crippen LogP contribution in [0.15, 0.2) is 0 Å². The number of likely N-dealkylation sites (tertiary alicyclic amines) is 1. The number of nitrogens with zero attached hydrogens (tertiary/aromatic N) is 1. The monoisotopic (exact) mass is 195 g/mol. The molecule has 1 amide bonds. The van der Waals surface area contributed by atoms with Gasteiger partial charge in [-0.15, -0.1) is 0 Å². The Morgan fingerprint density at radius 1 is 1.21 bits per heavy atom. The van der Waals surface area contributed by atoms with E-state index in [-0.39, 0.29) is 0 Å². The van der Waals surface area contributed by atoms with Gasteiger partial charge in [0, 0.05) is 19.0 Å². The van der Waals surface area contributed by atoms with Crippen LogP contribution in [0.5, 0.6) is 0 Å². The van der Waals surface area contributed by atoms with Crippen molar-refractivity contribution in [1.82, 2.24) is 4.90 Å². The largest absolute Gasteiger partial charge is 0.340 e. The molecule has 2 aliphatic rings. The lowest BCUT2D eigenvalue weighted by Gasteiger charge is -2.40. The van der Waals surface area contributed by atoms with Gasteiger partial charge in [0.15, 0.2) is 0 Å². The summed E-state index contributed by atoms with van der Waals surface area (Å²) in [4.78, 5) is 14.0. The van der Waals surface area contributed by atoms with E-state index in [1.807, 2.05) is 4.90 Å². The topological polar surface area (TPSA) is 20.3 Å². The normalized spacial score (nSPS) is 26.5. The van der Waals surface area contributed by atoms with Crippen LogP contribution in [-0.4, -0.2) is 23.4 Å². The number of amides is 1. The molecule has 1 aliphatic carbocycles. The summed E-state index contributed by atoms with van der Waals surface area (Å²) in [6.07, 6.45) is 7.35. The van der Waals surface area contributed by atoms with Gasteiger partial charge < -0.3 is 4.90 Å². The highest BCUT2D eigenvalue weighted by molar-refractivity contribution is 5.78. The second kappa shape index (κ2) is 3.56. The molecule has 1 spiro atoms. The van der Waals surface area contributed by atoms with Crippen molar-refractivity contribution >= 4 is 5.91 Å². The van der Waals surface area contributed by atoms with Gasteiger partial charge in [-0.3, -0.25) is 4.79 Å². The van der Waals surface area contributed by atoms with E-state index in [1.54, 1.807) is 0 Å². The Morgan fingerprint density at radius 3 is 2.36 bits per heavy atom. The number of carbonyl (C=O) groups excluding carboxylic acids is 1. The fourth-order valence-electron chi connectivity index (χ4n) is 3.09. The fourth-order valence-corrected chi connectivity index (χ4v) is 3.09. The van der Waals surface area contributed by atoms with Crippen molar-refractivity contribution < 1.29 is 4.79 Å². The highest BCUT2D eigenvalue weighted by Crippen LogP contribution is 2.46. The van der Waals surface area contributed by atoms with Gasteiger partial charge in [-0.2, -0.15) is 0 Å². The summed E-state index contributed by atoms with van der Waals surface area (Å²) >= 11 is 0. The summed E-state index contributed by atoms with van der Waals surface area (Å²) in [7, 11) is 0. The highest BCUT2D eigenvalue weighted by atomic mass is 16.2. The molecule has 0 N–H and O–H groups in total. The number of carbonyl (C=O) groups is 1. The minimum absolute atomic E-state index is 0.390. The van der Waals surface area contributed by atoms with Crippen LogP contribution in [0.4, 0.5) is 0 Å². The Labute approximate surface area is 86.7 Å². The third-order valence-corrected chi connectivity index (χ3v) is 4.02. The molecule has 1 saturated carbocycles. The van der Waals surface area contributed by atoms with Gasteiger partial charge in [-0.05, 0) is 38.5 Å². The second-order valence-electron chi connectivity index (χ2n) is 5.31. The molecule has 1 heterocycles. The van der Waals surface area contributed by atoms with E-state index in [0.29, 0.717) is 17.4 Å². The van der Waals surface area contributed by atoms with Crippen LogP contribution in [0.2, 0.25) is 0 Å². The van der Waals surface area contributed by atoms with Gasteiger partial charge in [-0.1, -0.05) is 12.8 Å². The first-order chi connectivity index (χ1) is 6.63. The van der Waals surface area contributed by atoms with Crippen LogP contribution in [-0.2, 0) is 4.79 Å². The van der Waals surface area contributed by atoms with Crippen molar-refractivity contribution in [3.63, 3.8) is 0 Å². The molecule has 14 heavy (non-hydrogen) atoms. The molecule has 0 radical (unpaired) electrons. The predicted octanol–water partition coefficient (Wildman–Crippen LogP) is 2.58. The molecule has 2 rings (SSSR count). The molecule has 0 bridgehead atoms. The van der Waals surface area contributed by atoms with Crippen molar-refractivity contribution in [2.45, 2.75) is 58.4 Å². The molecule has 0 aromatic heterocycles. The predicted molar refractivity (Wildman–Crippen MR) is 57.0 cm³/mol. The van der Waals surface area contributed by atoms with Gasteiger partial charge in [0.1, 0.15) is 0 Å². The third kappa shape index (κ3) is 1.67. The molecule has 2 nitrogen and oxygen atoms in total. The lowest BCUT2D eigenvalue weighted by molar-refractivity contribution is -0.139. The van der Waals surface area contributed by atoms with Gasteiger partial charge >= 0.3 is 0 Å². The average Bonchev–Trinajstić information content (AvgIpc) is 2.52. The summed E-state index contributed by atoms with van der Waals surface area (Å²) in [5, 5.41) is 0. The molecule has 0 aromatic carbocycles. The zero-order valence-corrected chi connectivity index (χ0v) is 9.38. The summed E-state index contributed by atoms with van der Waals surface area (Å²) in [5.41, 5.74) is 0.419. The van der Waals surface area contributed by atoms with Gasteiger partial charge in [0.25, 0.3) is 0 Å². The second-order valence-corrected chi connectivity index (χ2v) is 5.31. The fraction of sp³-hybridized carbons (Fsp3) is 0.917. The summed E-state index contributed by atoms with van der Waals surface area (Å²) in [6.45, 7) is 5.23. The van der Waals surface area contributed by atoms with E-state index in [1.165, 1.54) is 32.1 Å². The lowest BCUT2D eigenvalue weighted by Crippen LogP contribution is -2.46. The molecule has 0 aromatic rings. The molecule has 80 valence electrons. The maximum Gasteiger partial charge on any atom is 0.223 e. The zero-order chi connectivity index (χ0) is 10.2. The van der Waals surface area contributed by atoms with Crippen molar-refractivity contribution in [2.24, 2.45) is 5.41 Å². The molecular formula is C12H21NO. The minimum Gasteiger partial charge on any atom is -0.340 e. The van der Waals surface area contributed by atoms with Gasteiger partial charge in [0.05, 0.1) is 0 Å². The van der Waals surface area contributed by atoms with Crippen LogP contribution in [0.25, 0.3) is 0 Å². The third-order valence-electron chi connectivity index (χ3n) is 4.02. The minimum atomic E-state index is 0.390. The first kappa shape index (κ1) is 10.0. The summed E-state index contributed by atoms with van der Waals surface area (Å²) in [5.74, 6) is 0.396. The van der Waals surface area contributed by atoms with E-state index in [9.17, 15) is 4.79 Å². The van der Waals surface area contributed by atoms with Crippen LogP contribution < -0.4 is 0 Å².